The molecule has 0 bridgehead atoms. The molecule has 0 saturated heterocycles. The van der Waals surface area contributed by atoms with Gasteiger partial charge in [-0.05, 0) is 0 Å². The number of carbonyl (C=O) groups excluding carboxylic acids is 1. The van der Waals surface area contributed by atoms with Crippen LogP contribution in [0.4, 0.5) is 0 Å². The molecule has 3 nitrogen and oxygen atoms in total. The van der Waals surface area contributed by atoms with Gasteiger partial charge in [-0.1, -0.05) is 0 Å². The summed E-state index contributed by atoms with van der Waals surface area (Å²) >= 11 is 3.37. The predicted octanol–water partition coefficient (Wildman–Crippen LogP) is 0.530. The molecule has 0 aliphatic rings. The second-order valence-electron chi connectivity index (χ2n) is 1.85. The van der Waals surface area contributed by atoms with E-state index >= 15 is 0 Å². The number of hydrazine groups is 1. The summed E-state index contributed by atoms with van der Waals surface area (Å²) in [5.41, 5.74) is 0. The minimum Gasteiger partial charge on any atom is -0.274 e. The molecule has 4 heteroatoms. The molecular formula is C6H15AgN2O. The maximum absolute atomic E-state index is 10.4. The maximum atomic E-state index is 10.4. The second-order valence-corrected chi connectivity index (χ2v) is 3.06. The molecule has 0 aliphatic heterocycles. The van der Waals surface area contributed by atoms with Gasteiger partial charge in [-0.2, -0.15) is 0 Å². The first-order chi connectivity index (χ1) is 4.66. The molecule has 0 spiro atoms. The van der Waals surface area contributed by atoms with Gasteiger partial charge in [0.15, 0.2) is 0 Å². The number of nitrogens with two attached hydrogens (primary N) is 2. The van der Waals surface area contributed by atoms with Gasteiger partial charge >= 0.3 is 62.5 Å². The summed E-state index contributed by atoms with van der Waals surface area (Å²) in [5.74, 6) is 8.26. The van der Waals surface area contributed by atoms with Crippen LogP contribution >= 0.6 is 0 Å². The third kappa shape index (κ3) is 11.2. The van der Waals surface area contributed by atoms with Crippen LogP contribution in [0.3, 0.4) is 0 Å². The molecule has 0 aromatic carbocycles. The summed E-state index contributed by atoms with van der Waals surface area (Å²) in [4.78, 5) is 10.4. The van der Waals surface area contributed by atoms with Gasteiger partial charge in [0.25, 0.3) is 0 Å². The molecule has 10 heavy (non-hydrogen) atoms. The Morgan fingerprint density at radius 2 is 2.00 bits per heavy atom. The van der Waals surface area contributed by atoms with Crippen LogP contribution in [-0.4, -0.2) is 5.78 Å². The zero-order valence-electron chi connectivity index (χ0n) is 6.36. The van der Waals surface area contributed by atoms with E-state index in [0.717, 1.165) is 6.42 Å². The standard InChI is InChI=1S/C6H11O.Ag.H4N2/c1-3-4-5-6(2)7;;1-2/h4H,3,5H2,1-2H3;;1-2H2. The average molecular weight is 239 g/mol. The SMILES string of the molecule is CC[CH]([Ag])CC(C)=O.NN. The first-order valence-electron chi connectivity index (χ1n) is 3.09. The van der Waals surface area contributed by atoms with Crippen molar-refractivity contribution in [1.29, 1.82) is 0 Å². The van der Waals surface area contributed by atoms with E-state index in [1.165, 1.54) is 0 Å². The third-order valence-corrected chi connectivity index (χ3v) is 1.81. The van der Waals surface area contributed by atoms with Crippen LogP contribution in [0, 0.1) is 0 Å². The summed E-state index contributed by atoms with van der Waals surface area (Å²) in [6.07, 6.45) is 1.69. The van der Waals surface area contributed by atoms with Crippen molar-refractivity contribution in [3.8, 4) is 0 Å². The Balaban J connectivity index is 0. The summed E-state index contributed by atoms with van der Waals surface area (Å²) in [5, 5.41) is 0. The minimum atomic E-state index is 0.257. The molecule has 0 rings (SSSR count). The molecule has 1 unspecified atom stereocenters. The van der Waals surface area contributed by atoms with Crippen molar-refractivity contribution >= 4 is 5.78 Å². The Morgan fingerprint density at radius 1 is 1.60 bits per heavy atom. The van der Waals surface area contributed by atoms with E-state index in [9.17, 15) is 4.79 Å². The smallest absolute Gasteiger partial charge is 0.274 e. The fourth-order valence-electron chi connectivity index (χ4n) is 0.434. The summed E-state index contributed by atoms with van der Waals surface area (Å²) in [6, 6.07) is 0. The van der Waals surface area contributed by atoms with E-state index < -0.39 is 0 Å². The summed E-state index contributed by atoms with van der Waals surface area (Å²) in [7, 11) is 0. The molecule has 0 aliphatic carbocycles. The van der Waals surface area contributed by atoms with E-state index in [4.69, 9.17) is 0 Å². The number of hydrogen-bond acceptors (Lipinski definition) is 3. The van der Waals surface area contributed by atoms with Crippen LogP contribution in [-0.2, 0) is 25.9 Å². The first kappa shape index (κ1) is 13.0. The molecule has 4 N–H and O–H groups in total. The molecule has 0 radical (unpaired) electrons. The van der Waals surface area contributed by atoms with Crippen LogP contribution in [0.2, 0.25) is 4.14 Å². The topological polar surface area (TPSA) is 69.1 Å². The number of Topliss-reactive ketones (excluding diaryl/α,β-unsaturated/α-hetero) is 1. The van der Waals surface area contributed by atoms with E-state index in [2.05, 4.69) is 39.7 Å². The third-order valence-electron chi connectivity index (χ3n) is 0.905. The molecule has 1 atom stereocenters. The normalized spacial score (nSPS) is 11.4. The summed E-state index contributed by atoms with van der Waals surface area (Å²) in [6.45, 7) is 3.67. The maximum Gasteiger partial charge on any atom is -0.274 e. The van der Waals surface area contributed by atoms with Crippen molar-refractivity contribution < 1.29 is 25.9 Å². The largest absolute Gasteiger partial charge is 0.274 e. The van der Waals surface area contributed by atoms with E-state index in [1.807, 2.05) is 0 Å². The molecule has 0 fully saturated rings. The Labute approximate surface area is 74.4 Å². The Hall–Kier alpha value is 0.330. The summed E-state index contributed by atoms with van der Waals surface area (Å²) < 4.78 is 0.386. The van der Waals surface area contributed by atoms with Gasteiger partial charge < -0.3 is 0 Å². The molecule has 66 valence electrons. The molecule has 0 amide bonds. The van der Waals surface area contributed by atoms with Gasteiger partial charge in [-0.15, -0.1) is 0 Å². The van der Waals surface area contributed by atoms with Crippen molar-refractivity contribution in [2.75, 3.05) is 0 Å². The Kier molecular flexibility index (Phi) is 12.1. The van der Waals surface area contributed by atoms with Gasteiger partial charge in [0, 0.05) is 0 Å². The number of hydrogen-bond donors (Lipinski definition) is 2. The monoisotopic (exact) mass is 238 g/mol. The van der Waals surface area contributed by atoms with Crippen molar-refractivity contribution in [1.82, 2.24) is 0 Å². The van der Waals surface area contributed by atoms with Crippen molar-refractivity contribution in [3.63, 3.8) is 0 Å². The quantitative estimate of drug-likeness (QED) is 0.428. The number of rotatable bonds is 3. The Morgan fingerprint density at radius 3 is 2.10 bits per heavy atom. The second kappa shape index (κ2) is 9.33. The van der Waals surface area contributed by atoms with Crippen LogP contribution in [0.1, 0.15) is 26.7 Å². The van der Waals surface area contributed by atoms with Crippen molar-refractivity contribution in [2.45, 2.75) is 30.8 Å². The van der Waals surface area contributed by atoms with Crippen LogP contribution in [0.25, 0.3) is 0 Å². The van der Waals surface area contributed by atoms with Crippen LogP contribution < -0.4 is 11.7 Å². The van der Waals surface area contributed by atoms with E-state index in [1.54, 1.807) is 6.92 Å². The fourth-order valence-corrected chi connectivity index (χ4v) is 0.860. The Bertz CT molecular complexity index is 87.8. The van der Waals surface area contributed by atoms with Crippen LogP contribution in [0.15, 0.2) is 0 Å². The zero-order chi connectivity index (χ0) is 8.57. The molecular weight excluding hydrogens is 224 g/mol. The minimum absolute atomic E-state index is 0.257. The number of ketones is 1. The molecule has 0 aromatic rings. The zero-order valence-corrected chi connectivity index (χ0v) is 7.84. The first-order valence-corrected chi connectivity index (χ1v) is 3.94. The van der Waals surface area contributed by atoms with Gasteiger partial charge in [-0.3, -0.25) is 11.7 Å². The van der Waals surface area contributed by atoms with Gasteiger partial charge in [-0.25, -0.2) is 0 Å². The molecule has 0 saturated carbocycles. The van der Waals surface area contributed by atoms with Gasteiger partial charge in [0.05, 0.1) is 0 Å². The van der Waals surface area contributed by atoms with Gasteiger partial charge in [0.1, 0.15) is 0 Å². The van der Waals surface area contributed by atoms with E-state index in [0.29, 0.717) is 10.6 Å². The molecule has 0 aromatic heterocycles. The van der Waals surface area contributed by atoms with Crippen molar-refractivity contribution in [2.24, 2.45) is 11.7 Å². The predicted molar refractivity (Wildman–Crippen MR) is 37.7 cm³/mol. The van der Waals surface area contributed by atoms with Crippen LogP contribution in [0.5, 0.6) is 0 Å². The van der Waals surface area contributed by atoms with Crippen molar-refractivity contribution in [3.05, 3.63) is 0 Å². The number of carbonyl (C=O) groups is 1. The molecule has 0 heterocycles. The average Bonchev–Trinajstić information content (AvgIpc) is 1.91. The van der Waals surface area contributed by atoms with E-state index in [-0.39, 0.29) is 5.78 Å². The van der Waals surface area contributed by atoms with Gasteiger partial charge in [0.2, 0.25) is 0 Å². The fraction of sp³-hybridized carbons (Fsp3) is 0.833.